The van der Waals surface area contributed by atoms with Gasteiger partial charge in [-0.3, -0.25) is 14.5 Å². The molecule has 54 heavy (non-hydrogen) atoms. The topological polar surface area (TPSA) is 94.2 Å². The smallest absolute Gasteiger partial charge is 0.204 e. The maximum atomic E-state index is 15.1. The van der Waals surface area contributed by atoms with Crippen molar-refractivity contribution in [1.82, 2.24) is 9.80 Å². The van der Waals surface area contributed by atoms with Crippen LogP contribution in [0.4, 0.5) is 0 Å². The number of fused-ring (bicyclic) bond motifs is 6. The van der Waals surface area contributed by atoms with Gasteiger partial charge in [-0.05, 0) is 57.2 Å². The number of phenolic OH excluding ortho intramolecular Hbond substituents is 2. The van der Waals surface area contributed by atoms with Crippen LogP contribution >= 0.6 is 23.5 Å². The molecule has 2 aliphatic heterocycles. The first kappa shape index (κ1) is 34.8. The number of phenols is 2. The summed E-state index contributed by atoms with van der Waals surface area (Å²) in [7, 11) is 0. The summed E-state index contributed by atoms with van der Waals surface area (Å²) in [5, 5.41) is 27.2. The summed E-state index contributed by atoms with van der Waals surface area (Å²) in [4.78, 5) is 32.7. The van der Waals surface area contributed by atoms with Gasteiger partial charge in [0.1, 0.15) is 28.2 Å². The van der Waals surface area contributed by atoms with Crippen molar-refractivity contribution in [2.24, 2.45) is 0 Å². The number of nitrogens with zero attached hydrogens (tertiary/aromatic N) is 2. The van der Waals surface area contributed by atoms with E-state index in [9.17, 15) is 15.0 Å². The van der Waals surface area contributed by atoms with Gasteiger partial charge in [0.15, 0.2) is 11.4 Å². The zero-order valence-corrected chi connectivity index (χ0v) is 31.7. The molecule has 6 aromatic rings. The van der Waals surface area contributed by atoms with E-state index in [0.29, 0.717) is 28.0 Å². The van der Waals surface area contributed by atoms with Gasteiger partial charge >= 0.3 is 0 Å². The quantitative estimate of drug-likeness (QED) is 0.128. The van der Waals surface area contributed by atoms with Gasteiger partial charge in [-0.2, -0.15) is 23.5 Å². The van der Waals surface area contributed by atoms with Gasteiger partial charge in [0, 0.05) is 67.5 Å². The normalized spacial score (nSPS) is 17.1. The lowest BCUT2D eigenvalue weighted by Gasteiger charge is -2.27. The molecule has 9 rings (SSSR count). The average Bonchev–Trinajstić information content (AvgIpc) is 3.19. The second-order valence-electron chi connectivity index (χ2n) is 14.3. The Bertz CT molecular complexity index is 2600. The first-order valence-electron chi connectivity index (χ1n) is 18.5. The SMILES string of the molecule is CC(=O)c1c(O)c(CN2CCSCC2)c2oc(-c3ccccc3)c(-c3cccc4c3ccc3c5c(ccc34)CC(=CN3CCSCC3)C=C5)c(=O)c2c1O. The Morgan fingerprint density at radius 2 is 1.50 bits per heavy atom. The highest BCUT2D eigenvalue weighted by Crippen LogP contribution is 2.45. The number of carbonyl (C=O) groups excluding carboxylic acids is 1. The van der Waals surface area contributed by atoms with Crippen LogP contribution < -0.4 is 5.43 Å². The Labute approximate surface area is 322 Å². The van der Waals surface area contributed by atoms with Crippen LogP contribution in [0.15, 0.2) is 99.9 Å². The third-order valence-electron chi connectivity index (χ3n) is 11.0. The van der Waals surface area contributed by atoms with Gasteiger partial charge < -0.3 is 19.5 Å². The number of carbonyl (C=O) groups is 1. The molecule has 3 heterocycles. The molecule has 0 unspecified atom stereocenters. The number of thioether (sulfide) groups is 2. The van der Waals surface area contributed by atoms with Crippen LogP contribution in [0.5, 0.6) is 11.5 Å². The molecule has 2 saturated heterocycles. The molecule has 7 nitrogen and oxygen atoms in total. The van der Waals surface area contributed by atoms with Gasteiger partial charge in [0.2, 0.25) is 5.43 Å². The Morgan fingerprint density at radius 3 is 2.26 bits per heavy atom. The average molecular weight is 753 g/mol. The van der Waals surface area contributed by atoms with Crippen LogP contribution in [0.25, 0.3) is 61.0 Å². The molecular formula is C45H40N2O5S2. The molecule has 3 aliphatic rings. The summed E-state index contributed by atoms with van der Waals surface area (Å²) in [5.41, 5.74) is 5.16. The fourth-order valence-electron chi connectivity index (χ4n) is 8.27. The monoisotopic (exact) mass is 752 g/mol. The molecule has 0 atom stereocenters. The minimum absolute atomic E-state index is 0.0949. The Balaban J connectivity index is 1.25. The van der Waals surface area contributed by atoms with Crippen molar-refractivity contribution in [3.8, 4) is 33.9 Å². The Hall–Kier alpha value is -4.96. The van der Waals surface area contributed by atoms with Gasteiger partial charge in [-0.25, -0.2) is 0 Å². The van der Waals surface area contributed by atoms with Crippen molar-refractivity contribution in [2.45, 2.75) is 19.9 Å². The van der Waals surface area contributed by atoms with Crippen molar-refractivity contribution in [1.29, 1.82) is 0 Å². The van der Waals surface area contributed by atoms with E-state index in [1.54, 1.807) is 0 Å². The maximum Gasteiger partial charge on any atom is 0.204 e. The van der Waals surface area contributed by atoms with Crippen LogP contribution in [0.1, 0.15) is 34.0 Å². The summed E-state index contributed by atoms with van der Waals surface area (Å²) in [6.45, 7) is 5.30. The summed E-state index contributed by atoms with van der Waals surface area (Å²) < 4.78 is 6.78. The number of Topliss-reactive ketones (excluding diaryl/α,β-unsaturated/α-hetero) is 1. The van der Waals surface area contributed by atoms with E-state index >= 15 is 4.79 Å². The molecule has 0 spiro atoms. The summed E-state index contributed by atoms with van der Waals surface area (Å²) >= 11 is 3.88. The van der Waals surface area contributed by atoms with E-state index in [1.165, 1.54) is 35.1 Å². The molecular weight excluding hydrogens is 713 g/mol. The molecule has 5 aromatic carbocycles. The lowest BCUT2D eigenvalue weighted by Crippen LogP contribution is -2.32. The maximum absolute atomic E-state index is 15.1. The second kappa shape index (κ2) is 14.4. The number of hydrogen-bond donors (Lipinski definition) is 2. The number of aromatic hydroxyl groups is 2. The number of hydrogen-bond acceptors (Lipinski definition) is 9. The van der Waals surface area contributed by atoms with Crippen molar-refractivity contribution >= 4 is 67.9 Å². The van der Waals surface area contributed by atoms with E-state index in [1.807, 2.05) is 66.0 Å². The molecule has 0 bridgehead atoms. The van der Waals surface area contributed by atoms with Crippen molar-refractivity contribution in [3.63, 3.8) is 0 Å². The first-order valence-corrected chi connectivity index (χ1v) is 20.8. The molecule has 0 radical (unpaired) electrons. The number of allylic oxidation sites excluding steroid dienone is 2. The lowest BCUT2D eigenvalue weighted by molar-refractivity contribution is 0.101. The van der Waals surface area contributed by atoms with E-state index in [0.717, 1.165) is 65.7 Å². The Morgan fingerprint density at radius 1 is 0.796 bits per heavy atom. The highest BCUT2D eigenvalue weighted by molar-refractivity contribution is 7.99. The van der Waals surface area contributed by atoms with Crippen molar-refractivity contribution in [2.75, 3.05) is 49.2 Å². The standard InChI is InChI=1S/C45H40N2O5S2/c1-27(48)38-41(49)37(26-47-18-22-54-23-19-47)45-40(42(38)50)43(51)39(44(52-45)29-6-3-2-4-7-29)36-9-5-8-32-34-13-11-30-24-28(25-46-16-20-53-21-17-46)10-12-31(30)33(34)14-15-35(32)36/h2-15,25,49-50H,16-24,26H2,1H3. The molecule has 9 heteroatoms. The first-order chi connectivity index (χ1) is 26.4. The van der Waals surface area contributed by atoms with Crippen molar-refractivity contribution < 1.29 is 19.4 Å². The lowest BCUT2D eigenvalue weighted by atomic mass is 9.86. The minimum Gasteiger partial charge on any atom is -0.507 e. The number of benzene rings is 5. The zero-order chi connectivity index (χ0) is 36.9. The van der Waals surface area contributed by atoms with E-state index in [-0.39, 0.29) is 28.8 Å². The molecule has 2 N–H and O–H groups in total. The third kappa shape index (κ3) is 6.08. The third-order valence-corrected chi connectivity index (χ3v) is 12.9. The van der Waals surface area contributed by atoms with Crippen LogP contribution in [-0.2, 0) is 13.0 Å². The van der Waals surface area contributed by atoms with E-state index < -0.39 is 17.0 Å². The van der Waals surface area contributed by atoms with E-state index in [4.69, 9.17) is 4.42 Å². The fraction of sp³-hybridized carbons (Fsp3) is 0.244. The summed E-state index contributed by atoms with van der Waals surface area (Å²) in [5.74, 6) is 3.11. The molecule has 0 amide bonds. The van der Waals surface area contributed by atoms with Gasteiger partial charge in [0.25, 0.3) is 0 Å². The zero-order valence-electron chi connectivity index (χ0n) is 30.1. The highest BCUT2D eigenvalue weighted by atomic mass is 32.2. The number of ketones is 1. The highest BCUT2D eigenvalue weighted by Gasteiger charge is 2.30. The molecule has 0 saturated carbocycles. The largest absolute Gasteiger partial charge is 0.507 e. The van der Waals surface area contributed by atoms with Gasteiger partial charge in [-0.15, -0.1) is 0 Å². The second-order valence-corrected chi connectivity index (χ2v) is 16.7. The van der Waals surface area contributed by atoms with Gasteiger partial charge in [-0.1, -0.05) is 84.9 Å². The minimum atomic E-state index is -0.556. The summed E-state index contributed by atoms with van der Waals surface area (Å²) in [6.07, 6.45) is 7.68. The molecule has 272 valence electrons. The van der Waals surface area contributed by atoms with Crippen LogP contribution in [0, 0.1) is 0 Å². The van der Waals surface area contributed by atoms with E-state index in [2.05, 4.69) is 58.5 Å². The summed E-state index contributed by atoms with van der Waals surface area (Å²) in [6, 6.07) is 24.1. The van der Waals surface area contributed by atoms with Crippen LogP contribution in [0.3, 0.4) is 0 Å². The fourth-order valence-corrected chi connectivity index (χ4v) is 10.2. The Kier molecular flexibility index (Phi) is 9.25. The van der Waals surface area contributed by atoms with Gasteiger partial charge in [0.05, 0.1) is 11.1 Å². The van der Waals surface area contributed by atoms with Crippen LogP contribution in [0.2, 0.25) is 0 Å². The molecule has 1 aromatic heterocycles. The predicted molar refractivity (Wildman–Crippen MR) is 224 cm³/mol. The van der Waals surface area contributed by atoms with Crippen LogP contribution in [-0.4, -0.2) is 75.0 Å². The molecule has 2 fully saturated rings. The molecule has 1 aliphatic carbocycles. The predicted octanol–water partition coefficient (Wildman–Crippen LogP) is 9.10. The number of rotatable bonds is 6. The van der Waals surface area contributed by atoms with Crippen molar-refractivity contribution in [3.05, 3.63) is 123 Å².